The van der Waals surface area contributed by atoms with Crippen molar-refractivity contribution in [3.63, 3.8) is 0 Å². The fraction of sp³-hybridized carbons (Fsp3) is 0.500. The Hall–Kier alpha value is -2.77. The number of nitrogens with one attached hydrogen (secondary N) is 2. The summed E-state index contributed by atoms with van der Waals surface area (Å²) < 4.78 is 5.38. The zero-order valence-electron chi connectivity index (χ0n) is 20.6. The van der Waals surface area contributed by atoms with Crippen LogP contribution >= 0.6 is 0 Å². The number of benzene rings is 1. The van der Waals surface area contributed by atoms with Gasteiger partial charge in [-0.15, -0.1) is 0 Å². The third-order valence-electron chi connectivity index (χ3n) is 5.56. The molecule has 184 valence electrons. The normalized spacial score (nSPS) is 15.7. The highest BCUT2D eigenvalue weighted by molar-refractivity contribution is 5.73. The molecule has 1 saturated heterocycles. The number of nitrogens with zero attached hydrogens (tertiary/aromatic N) is 1. The lowest BCUT2D eigenvalue weighted by Crippen LogP contribution is -2.40. The number of piperidine rings is 1. The van der Waals surface area contributed by atoms with E-state index in [1.807, 2.05) is 56.5 Å². The van der Waals surface area contributed by atoms with Crippen molar-refractivity contribution in [3.05, 3.63) is 60.3 Å². The monoisotopic (exact) mass is 458 g/mol. The first-order chi connectivity index (χ1) is 15.9. The first-order valence-electron chi connectivity index (χ1n) is 11.6. The summed E-state index contributed by atoms with van der Waals surface area (Å²) in [5.74, 6) is 0.504. The smallest absolute Gasteiger partial charge is 0.218 e. The molecule has 0 aliphatic carbocycles. The van der Waals surface area contributed by atoms with Crippen molar-refractivity contribution in [2.45, 2.75) is 58.7 Å². The number of primary amides is 1. The van der Waals surface area contributed by atoms with Crippen molar-refractivity contribution in [2.75, 3.05) is 32.1 Å². The highest BCUT2D eigenvalue weighted by Gasteiger charge is 2.21. The van der Waals surface area contributed by atoms with E-state index in [4.69, 9.17) is 10.5 Å². The van der Waals surface area contributed by atoms with Crippen LogP contribution in [0.3, 0.4) is 0 Å². The Labute approximate surface area is 199 Å². The number of rotatable bonds is 11. The van der Waals surface area contributed by atoms with Gasteiger partial charge in [0.05, 0.1) is 19.4 Å². The van der Waals surface area contributed by atoms with E-state index in [1.54, 1.807) is 7.11 Å². The van der Waals surface area contributed by atoms with E-state index in [9.17, 15) is 9.90 Å². The van der Waals surface area contributed by atoms with Crippen LogP contribution in [0.2, 0.25) is 0 Å². The molecular weight excluding hydrogens is 416 g/mol. The third kappa shape index (κ3) is 10.6. The molecule has 0 aromatic heterocycles. The van der Waals surface area contributed by atoms with Crippen LogP contribution in [0.1, 0.15) is 45.6 Å². The summed E-state index contributed by atoms with van der Waals surface area (Å²) >= 11 is 0. The topological polar surface area (TPSA) is 99.8 Å². The Morgan fingerprint density at radius 1 is 1.33 bits per heavy atom. The molecule has 2 rings (SSSR count). The second kappa shape index (κ2) is 15.9. The molecule has 1 aliphatic rings. The third-order valence-corrected chi connectivity index (χ3v) is 5.56. The Morgan fingerprint density at radius 3 is 2.58 bits per heavy atom. The van der Waals surface area contributed by atoms with E-state index in [-0.39, 0.29) is 12.5 Å². The number of anilines is 1. The van der Waals surface area contributed by atoms with Crippen LogP contribution in [0.15, 0.2) is 54.8 Å². The van der Waals surface area contributed by atoms with Crippen molar-refractivity contribution < 1.29 is 14.6 Å². The summed E-state index contributed by atoms with van der Waals surface area (Å²) in [4.78, 5) is 13.1. The minimum absolute atomic E-state index is 0.0169. The van der Waals surface area contributed by atoms with Gasteiger partial charge in [0, 0.05) is 43.7 Å². The summed E-state index contributed by atoms with van der Waals surface area (Å²) in [5.41, 5.74) is 8.01. The van der Waals surface area contributed by atoms with Crippen molar-refractivity contribution in [3.8, 4) is 5.75 Å². The Morgan fingerprint density at radius 2 is 2.03 bits per heavy atom. The molecule has 33 heavy (non-hydrogen) atoms. The number of hydrogen-bond donors (Lipinski definition) is 4. The summed E-state index contributed by atoms with van der Waals surface area (Å²) in [6, 6.07) is 6.33. The Bertz CT molecular complexity index is 761. The zero-order valence-corrected chi connectivity index (χ0v) is 20.6. The number of amides is 1. The Kier molecular flexibility index (Phi) is 13.7. The van der Waals surface area contributed by atoms with Gasteiger partial charge in [0.2, 0.25) is 5.91 Å². The van der Waals surface area contributed by atoms with Gasteiger partial charge in [-0.25, -0.2) is 0 Å². The van der Waals surface area contributed by atoms with Gasteiger partial charge in [-0.3, -0.25) is 4.79 Å². The van der Waals surface area contributed by atoms with Gasteiger partial charge in [-0.2, -0.15) is 0 Å². The molecule has 0 saturated carbocycles. The average molecular weight is 459 g/mol. The lowest BCUT2D eigenvalue weighted by Gasteiger charge is -2.33. The van der Waals surface area contributed by atoms with Crippen LogP contribution in [-0.4, -0.2) is 54.7 Å². The maximum atomic E-state index is 10.8. The molecule has 1 amide bonds. The van der Waals surface area contributed by atoms with Crippen LogP contribution in [0, 0.1) is 0 Å². The number of aliphatic hydroxyl groups is 1. The number of carbonyl (C=O) groups is 1. The number of para-hydroxylation sites is 1. The number of allylic oxidation sites excluding steroid dienone is 2. The van der Waals surface area contributed by atoms with Crippen LogP contribution in [-0.2, 0) is 11.4 Å². The second-order valence-electron chi connectivity index (χ2n) is 8.09. The standard InChI is InChI=1S/C16H25N3O3.C10H17N/c1-22-14-4-2-3-12(11-20)16(14)18-13-5-8-19(9-6-13)10-7-15(17)21;1-5-7-9(3)10(4)11-8-6-2/h2-4,13,18,20H,5-11H2,1H3,(H2,17,21);5-8,10-11H,3H2,1-2,4H3/b;7-5-,8-6-. The average Bonchev–Trinajstić information content (AvgIpc) is 2.82. The number of likely N-dealkylation sites (tertiary alicyclic amines) is 1. The maximum Gasteiger partial charge on any atom is 0.218 e. The summed E-state index contributed by atoms with van der Waals surface area (Å²) in [6.07, 6.45) is 10.3. The van der Waals surface area contributed by atoms with Crippen molar-refractivity contribution in [1.82, 2.24) is 10.2 Å². The molecular formula is C26H42N4O3. The van der Waals surface area contributed by atoms with Gasteiger partial charge in [-0.1, -0.05) is 36.9 Å². The molecule has 1 heterocycles. The van der Waals surface area contributed by atoms with Crippen LogP contribution in [0.25, 0.3) is 0 Å². The fourth-order valence-electron chi connectivity index (χ4n) is 3.52. The van der Waals surface area contributed by atoms with E-state index in [1.165, 1.54) is 0 Å². The molecule has 1 aromatic carbocycles. The molecule has 7 heteroatoms. The molecule has 0 spiro atoms. The number of aliphatic hydroxyl groups excluding tert-OH is 1. The summed E-state index contributed by atoms with van der Waals surface area (Å²) in [7, 11) is 1.63. The lowest BCUT2D eigenvalue weighted by atomic mass is 10.0. The summed E-state index contributed by atoms with van der Waals surface area (Å²) in [5, 5.41) is 16.2. The number of carbonyl (C=O) groups excluding carboxylic acids is 1. The molecule has 1 aromatic rings. The highest BCUT2D eigenvalue weighted by atomic mass is 16.5. The van der Waals surface area contributed by atoms with Crippen LogP contribution < -0.4 is 21.1 Å². The second-order valence-corrected chi connectivity index (χ2v) is 8.09. The van der Waals surface area contributed by atoms with Crippen molar-refractivity contribution in [1.29, 1.82) is 0 Å². The predicted octanol–water partition coefficient (Wildman–Crippen LogP) is 3.57. The van der Waals surface area contributed by atoms with Crippen LogP contribution in [0.4, 0.5) is 5.69 Å². The number of nitrogens with two attached hydrogens (primary N) is 1. The lowest BCUT2D eigenvalue weighted by molar-refractivity contribution is -0.118. The highest BCUT2D eigenvalue weighted by Crippen LogP contribution is 2.30. The quantitative estimate of drug-likeness (QED) is 0.378. The molecule has 1 fully saturated rings. The number of methoxy groups -OCH3 is 1. The van der Waals surface area contributed by atoms with E-state index in [0.29, 0.717) is 18.5 Å². The van der Waals surface area contributed by atoms with Gasteiger partial charge in [0.1, 0.15) is 5.75 Å². The van der Waals surface area contributed by atoms with E-state index < -0.39 is 0 Å². The van der Waals surface area contributed by atoms with E-state index >= 15 is 0 Å². The predicted molar refractivity (Wildman–Crippen MR) is 137 cm³/mol. The minimum Gasteiger partial charge on any atom is -0.495 e. The molecule has 5 N–H and O–H groups in total. The van der Waals surface area contributed by atoms with Gasteiger partial charge in [0.25, 0.3) is 0 Å². The maximum absolute atomic E-state index is 10.8. The molecule has 0 radical (unpaired) electrons. The van der Waals surface area contributed by atoms with Gasteiger partial charge in [0.15, 0.2) is 0 Å². The molecule has 1 unspecified atom stereocenters. The summed E-state index contributed by atoms with van der Waals surface area (Å²) in [6.45, 7) is 12.6. The van der Waals surface area contributed by atoms with Gasteiger partial charge < -0.3 is 31.1 Å². The molecule has 1 atom stereocenters. The Balaban J connectivity index is 0.000000420. The molecule has 7 nitrogen and oxygen atoms in total. The fourth-order valence-corrected chi connectivity index (χ4v) is 3.52. The first kappa shape index (κ1) is 28.3. The molecule has 1 aliphatic heterocycles. The van der Waals surface area contributed by atoms with Crippen molar-refractivity contribution >= 4 is 11.6 Å². The number of ether oxygens (including phenoxy) is 1. The van der Waals surface area contributed by atoms with E-state index in [2.05, 4.69) is 29.0 Å². The minimum atomic E-state index is -0.248. The zero-order chi connectivity index (χ0) is 24.6. The van der Waals surface area contributed by atoms with E-state index in [0.717, 1.165) is 55.0 Å². The van der Waals surface area contributed by atoms with Gasteiger partial charge >= 0.3 is 0 Å². The van der Waals surface area contributed by atoms with Crippen LogP contribution in [0.5, 0.6) is 5.75 Å². The molecule has 0 bridgehead atoms. The first-order valence-corrected chi connectivity index (χ1v) is 11.6. The SMILES string of the molecule is C=C(/C=C\C)C(C)N/C=C\C.COc1cccc(CO)c1NC1CCN(CCC(N)=O)CC1. The van der Waals surface area contributed by atoms with Crippen molar-refractivity contribution in [2.24, 2.45) is 5.73 Å². The number of hydrogen-bond acceptors (Lipinski definition) is 6. The largest absolute Gasteiger partial charge is 0.495 e. The van der Waals surface area contributed by atoms with Gasteiger partial charge in [-0.05, 0) is 51.5 Å².